The molecular formula is C16H18N2O4S. The van der Waals surface area contributed by atoms with Crippen LogP contribution in [0, 0.1) is 13.8 Å². The van der Waals surface area contributed by atoms with Gasteiger partial charge in [-0.05, 0) is 32.4 Å². The molecule has 0 aliphatic carbocycles. The molecule has 0 saturated heterocycles. The number of hydrogen-bond donors (Lipinski definition) is 1. The third-order valence-electron chi connectivity index (χ3n) is 2.96. The summed E-state index contributed by atoms with van der Waals surface area (Å²) >= 11 is 1.09. The molecule has 7 heteroatoms. The lowest BCUT2D eigenvalue weighted by atomic mass is 10.2. The molecule has 0 radical (unpaired) electrons. The predicted molar refractivity (Wildman–Crippen MR) is 88.1 cm³/mol. The molecule has 122 valence electrons. The number of carbonyl (C=O) groups excluding carboxylic acids is 2. The molecule has 0 atom stereocenters. The summed E-state index contributed by atoms with van der Waals surface area (Å²) < 4.78 is 10.4. The topological polar surface area (TPSA) is 77.5 Å². The van der Waals surface area contributed by atoms with Gasteiger partial charge in [0.15, 0.2) is 11.7 Å². The minimum absolute atomic E-state index is 0.127. The van der Waals surface area contributed by atoms with Crippen molar-refractivity contribution in [3.63, 3.8) is 0 Å². The van der Waals surface area contributed by atoms with Crippen molar-refractivity contribution in [1.82, 2.24) is 4.98 Å². The quantitative estimate of drug-likeness (QED) is 0.822. The SMILES string of the molecule is CCOC(=O)c1sc(NC(=O)COc2ccccc2C)nc1C. The standard InChI is InChI=1S/C16H18N2O4S/c1-4-21-15(20)14-11(3)17-16(23-14)18-13(19)9-22-12-8-6-5-7-10(12)2/h5-8H,4,9H2,1-3H3,(H,17,18,19). The summed E-state index contributed by atoms with van der Waals surface area (Å²) in [5, 5.41) is 2.98. The molecule has 1 aromatic heterocycles. The summed E-state index contributed by atoms with van der Waals surface area (Å²) in [7, 11) is 0. The van der Waals surface area contributed by atoms with Crippen molar-refractivity contribution >= 4 is 28.3 Å². The van der Waals surface area contributed by atoms with Crippen LogP contribution in [-0.2, 0) is 9.53 Å². The molecule has 0 spiro atoms. The Bertz CT molecular complexity index is 712. The molecule has 23 heavy (non-hydrogen) atoms. The molecule has 0 saturated carbocycles. The summed E-state index contributed by atoms with van der Waals surface area (Å²) in [4.78, 5) is 28.2. The average Bonchev–Trinajstić information content (AvgIpc) is 2.87. The van der Waals surface area contributed by atoms with Gasteiger partial charge in [-0.2, -0.15) is 0 Å². The van der Waals surface area contributed by atoms with Gasteiger partial charge < -0.3 is 9.47 Å². The lowest BCUT2D eigenvalue weighted by Gasteiger charge is -2.07. The first kappa shape index (κ1) is 17.0. The zero-order valence-corrected chi connectivity index (χ0v) is 14.0. The van der Waals surface area contributed by atoms with E-state index in [9.17, 15) is 9.59 Å². The number of nitrogens with zero attached hydrogens (tertiary/aromatic N) is 1. The second-order valence-electron chi connectivity index (χ2n) is 4.76. The first-order chi connectivity index (χ1) is 11.0. The average molecular weight is 334 g/mol. The van der Waals surface area contributed by atoms with Crippen molar-refractivity contribution in [2.75, 3.05) is 18.5 Å². The van der Waals surface area contributed by atoms with Crippen molar-refractivity contribution in [3.8, 4) is 5.75 Å². The van der Waals surface area contributed by atoms with Crippen molar-refractivity contribution < 1.29 is 19.1 Å². The number of hydrogen-bond acceptors (Lipinski definition) is 6. The van der Waals surface area contributed by atoms with Crippen LogP contribution in [-0.4, -0.2) is 30.1 Å². The van der Waals surface area contributed by atoms with E-state index < -0.39 is 5.97 Å². The van der Waals surface area contributed by atoms with E-state index in [0.29, 0.717) is 28.1 Å². The molecule has 6 nitrogen and oxygen atoms in total. The minimum atomic E-state index is -0.431. The second kappa shape index (κ2) is 7.73. The maximum absolute atomic E-state index is 11.9. The Labute approximate surface area is 138 Å². The fourth-order valence-corrected chi connectivity index (χ4v) is 2.73. The molecule has 0 bridgehead atoms. The fraction of sp³-hybridized carbons (Fsp3) is 0.312. The van der Waals surface area contributed by atoms with Crippen LogP contribution in [0.2, 0.25) is 0 Å². The van der Waals surface area contributed by atoms with Crippen LogP contribution in [0.25, 0.3) is 0 Å². The van der Waals surface area contributed by atoms with E-state index in [2.05, 4.69) is 10.3 Å². The van der Waals surface area contributed by atoms with Gasteiger partial charge in [0.25, 0.3) is 5.91 Å². The zero-order valence-electron chi connectivity index (χ0n) is 13.2. The molecule has 1 N–H and O–H groups in total. The lowest BCUT2D eigenvalue weighted by molar-refractivity contribution is -0.118. The number of carbonyl (C=O) groups is 2. The molecule has 1 amide bonds. The summed E-state index contributed by atoms with van der Waals surface area (Å²) in [5.74, 6) is -0.109. The van der Waals surface area contributed by atoms with E-state index in [-0.39, 0.29) is 12.5 Å². The van der Waals surface area contributed by atoms with Gasteiger partial charge in [0.05, 0.1) is 12.3 Å². The van der Waals surface area contributed by atoms with E-state index in [4.69, 9.17) is 9.47 Å². The first-order valence-electron chi connectivity index (χ1n) is 7.14. The van der Waals surface area contributed by atoms with Crippen LogP contribution < -0.4 is 10.1 Å². The molecule has 0 aliphatic heterocycles. The number of benzene rings is 1. The van der Waals surface area contributed by atoms with Crippen LogP contribution in [0.1, 0.15) is 27.9 Å². The van der Waals surface area contributed by atoms with Gasteiger partial charge >= 0.3 is 5.97 Å². The van der Waals surface area contributed by atoms with E-state index in [0.717, 1.165) is 16.9 Å². The molecule has 0 aliphatic rings. The van der Waals surface area contributed by atoms with Crippen LogP contribution >= 0.6 is 11.3 Å². The predicted octanol–water partition coefficient (Wildman–Crippen LogP) is 2.95. The number of esters is 1. The number of anilines is 1. The zero-order chi connectivity index (χ0) is 16.8. The molecule has 2 aromatic rings. The largest absolute Gasteiger partial charge is 0.483 e. The molecular weight excluding hydrogens is 316 g/mol. The monoisotopic (exact) mass is 334 g/mol. The van der Waals surface area contributed by atoms with E-state index in [1.54, 1.807) is 19.9 Å². The van der Waals surface area contributed by atoms with Crippen LogP contribution in [0.5, 0.6) is 5.75 Å². The van der Waals surface area contributed by atoms with Crippen molar-refractivity contribution in [3.05, 3.63) is 40.4 Å². The Morgan fingerprint density at radius 3 is 2.70 bits per heavy atom. The Hall–Kier alpha value is -2.41. The van der Waals surface area contributed by atoms with Gasteiger partial charge in [0.2, 0.25) is 0 Å². The summed E-state index contributed by atoms with van der Waals surface area (Å²) in [6.45, 7) is 5.51. The molecule has 2 rings (SSSR count). The van der Waals surface area contributed by atoms with Crippen LogP contribution in [0.15, 0.2) is 24.3 Å². The Morgan fingerprint density at radius 1 is 1.26 bits per heavy atom. The summed E-state index contributed by atoms with van der Waals surface area (Å²) in [6.07, 6.45) is 0. The Morgan fingerprint density at radius 2 is 2.00 bits per heavy atom. The molecule has 0 unspecified atom stereocenters. The van der Waals surface area contributed by atoms with Gasteiger partial charge in [-0.1, -0.05) is 29.5 Å². The summed E-state index contributed by atoms with van der Waals surface area (Å²) in [6, 6.07) is 7.45. The lowest BCUT2D eigenvalue weighted by Crippen LogP contribution is -2.20. The van der Waals surface area contributed by atoms with E-state index in [1.807, 2.05) is 25.1 Å². The maximum Gasteiger partial charge on any atom is 0.350 e. The number of aromatic nitrogens is 1. The fourth-order valence-electron chi connectivity index (χ4n) is 1.85. The third-order valence-corrected chi connectivity index (χ3v) is 4.01. The van der Waals surface area contributed by atoms with Crippen molar-refractivity contribution in [1.29, 1.82) is 0 Å². The van der Waals surface area contributed by atoms with Gasteiger partial charge in [-0.15, -0.1) is 0 Å². The normalized spacial score (nSPS) is 10.2. The van der Waals surface area contributed by atoms with Gasteiger partial charge in [-0.25, -0.2) is 9.78 Å². The second-order valence-corrected chi connectivity index (χ2v) is 5.76. The Balaban J connectivity index is 1.94. The smallest absolute Gasteiger partial charge is 0.350 e. The maximum atomic E-state index is 11.9. The van der Waals surface area contributed by atoms with E-state index >= 15 is 0 Å². The number of nitrogens with one attached hydrogen (secondary N) is 1. The number of thiazole rings is 1. The van der Waals surface area contributed by atoms with Gasteiger partial charge in [-0.3, -0.25) is 10.1 Å². The Kier molecular flexibility index (Phi) is 5.70. The summed E-state index contributed by atoms with van der Waals surface area (Å²) in [5.41, 5.74) is 1.48. The van der Waals surface area contributed by atoms with E-state index in [1.165, 1.54) is 0 Å². The van der Waals surface area contributed by atoms with Gasteiger partial charge in [0.1, 0.15) is 10.6 Å². The molecule has 1 heterocycles. The highest BCUT2D eigenvalue weighted by Crippen LogP contribution is 2.23. The number of para-hydroxylation sites is 1. The van der Waals surface area contributed by atoms with Crippen LogP contribution in [0.4, 0.5) is 5.13 Å². The van der Waals surface area contributed by atoms with Crippen molar-refractivity contribution in [2.45, 2.75) is 20.8 Å². The highest BCUT2D eigenvalue weighted by atomic mass is 32.1. The van der Waals surface area contributed by atoms with Gasteiger partial charge in [0, 0.05) is 0 Å². The first-order valence-corrected chi connectivity index (χ1v) is 7.95. The van der Waals surface area contributed by atoms with Crippen LogP contribution in [0.3, 0.4) is 0 Å². The number of ether oxygens (including phenoxy) is 2. The number of rotatable bonds is 6. The highest BCUT2D eigenvalue weighted by molar-refractivity contribution is 7.17. The minimum Gasteiger partial charge on any atom is -0.483 e. The third kappa shape index (κ3) is 4.53. The number of amides is 1. The number of aryl methyl sites for hydroxylation is 2. The molecule has 1 aromatic carbocycles. The molecule has 0 fully saturated rings. The van der Waals surface area contributed by atoms with Crippen molar-refractivity contribution in [2.24, 2.45) is 0 Å². The highest BCUT2D eigenvalue weighted by Gasteiger charge is 2.17.